The maximum absolute atomic E-state index is 12.3. The van der Waals surface area contributed by atoms with Crippen molar-refractivity contribution in [3.8, 4) is 0 Å². The average molecular weight is 488 g/mol. The van der Waals surface area contributed by atoms with Crippen LogP contribution in [0, 0.1) is 0 Å². The van der Waals surface area contributed by atoms with Gasteiger partial charge in [-0.3, -0.25) is 4.79 Å². The van der Waals surface area contributed by atoms with Gasteiger partial charge in [-0.05, 0) is 44.0 Å². The third kappa shape index (κ3) is 2.97. The summed E-state index contributed by atoms with van der Waals surface area (Å²) in [5, 5.41) is 3.50. The molecule has 0 radical (unpaired) electrons. The molecule has 21 heavy (non-hydrogen) atoms. The summed E-state index contributed by atoms with van der Waals surface area (Å²) in [6.45, 7) is 0. The van der Waals surface area contributed by atoms with Crippen LogP contribution in [0.4, 0.5) is 17.1 Å². The van der Waals surface area contributed by atoms with E-state index in [-0.39, 0.29) is 5.91 Å². The predicted octanol–water partition coefficient (Wildman–Crippen LogP) is 6.56. The van der Waals surface area contributed by atoms with Crippen molar-refractivity contribution >= 4 is 101 Å². The number of nitrogens with zero attached hydrogens (tertiary/aromatic N) is 2. The number of hydrogen-bond donors (Lipinski definition) is 1. The van der Waals surface area contributed by atoms with Gasteiger partial charge in [-0.15, -0.1) is 11.3 Å². The van der Waals surface area contributed by atoms with Crippen molar-refractivity contribution in [2.75, 3.05) is 5.32 Å². The Morgan fingerprint density at radius 1 is 1.14 bits per heavy atom. The summed E-state index contributed by atoms with van der Waals surface area (Å²) in [4.78, 5) is 12.8. The lowest BCUT2D eigenvalue weighted by Gasteiger charge is -2.10. The molecule has 1 aromatic carbocycles. The van der Waals surface area contributed by atoms with Gasteiger partial charge in [0, 0.05) is 4.47 Å². The average Bonchev–Trinajstić information content (AvgIpc) is 3.02. The van der Waals surface area contributed by atoms with Gasteiger partial charge in [-0.2, -0.15) is 8.73 Å². The molecule has 0 fully saturated rings. The van der Waals surface area contributed by atoms with Crippen molar-refractivity contribution in [1.29, 1.82) is 0 Å². The first kappa shape index (κ1) is 15.6. The number of fused-ring (bicyclic) bond motifs is 1. The molecular weight excluding hydrogens is 485 g/mol. The van der Waals surface area contributed by atoms with Crippen molar-refractivity contribution in [2.24, 2.45) is 8.73 Å². The quantitative estimate of drug-likeness (QED) is 0.437. The normalized spacial score (nSPS) is 12.2. The number of nitrogens with one attached hydrogen (secondary N) is 1. The molecule has 108 valence electrons. The van der Waals surface area contributed by atoms with Crippen molar-refractivity contribution < 1.29 is 4.79 Å². The Kier molecular flexibility index (Phi) is 4.54. The molecule has 1 aliphatic rings. The molecule has 0 unspecified atom stereocenters. The molecule has 0 saturated carbocycles. The Labute approximate surface area is 154 Å². The lowest BCUT2D eigenvalue weighted by Crippen LogP contribution is -2.10. The van der Waals surface area contributed by atoms with E-state index in [1.54, 1.807) is 12.1 Å². The molecule has 2 heterocycles. The molecule has 1 aliphatic heterocycles. The molecule has 0 saturated heterocycles. The smallest absolute Gasteiger partial charge is 0.265 e. The second-order valence-corrected chi connectivity index (χ2v) is 8.43. The number of anilines is 1. The Hall–Kier alpha value is -0.250. The molecule has 0 bridgehead atoms. The standard InChI is InChI=1S/C11H3Br2Cl2N3OS2/c12-3-1-6(20-10(3)13)11(19)16-7-4(14)2-5(15)8-9(7)18-21-17-8/h1-2H,(H,16,19). The fourth-order valence-corrected chi connectivity index (χ4v) is 4.72. The van der Waals surface area contributed by atoms with Gasteiger partial charge in [0.1, 0.15) is 11.4 Å². The molecule has 0 atom stereocenters. The Balaban J connectivity index is 1.98. The first-order valence-corrected chi connectivity index (χ1v) is 9.22. The zero-order valence-electron chi connectivity index (χ0n) is 9.79. The third-order valence-electron chi connectivity index (χ3n) is 2.55. The van der Waals surface area contributed by atoms with Crippen molar-refractivity contribution in [2.45, 2.75) is 0 Å². The summed E-state index contributed by atoms with van der Waals surface area (Å²) in [6, 6.07) is 3.27. The van der Waals surface area contributed by atoms with Crippen LogP contribution in [0.1, 0.15) is 9.67 Å². The van der Waals surface area contributed by atoms with Crippen LogP contribution in [-0.2, 0) is 11.4 Å². The fourth-order valence-electron chi connectivity index (χ4n) is 1.63. The maximum Gasteiger partial charge on any atom is 0.265 e. The van der Waals surface area contributed by atoms with E-state index in [9.17, 15) is 4.79 Å². The van der Waals surface area contributed by atoms with E-state index in [0.29, 0.717) is 32.0 Å². The summed E-state index contributed by atoms with van der Waals surface area (Å²) in [7, 11) is 0. The van der Waals surface area contributed by atoms with Gasteiger partial charge in [-0.25, -0.2) is 0 Å². The van der Waals surface area contributed by atoms with E-state index < -0.39 is 0 Å². The highest BCUT2D eigenvalue weighted by atomic mass is 79.9. The van der Waals surface area contributed by atoms with Gasteiger partial charge in [0.15, 0.2) is 0 Å². The highest BCUT2D eigenvalue weighted by Gasteiger charge is 2.21. The Morgan fingerprint density at radius 2 is 1.86 bits per heavy atom. The molecule has 2 aromatic rings. The minimum atomic E-state index is -0.273. The van der Waals surface area contributed by atoms with Crippen molar-refractivity contribution in [3.63, 3.8) is 0 Å². The van der Waals surface area contributed by atoms with E-state index in [1.807, 2.05) is 0 Å². The summed E-state index contributed by atoms with van der Waals surface area (Å²) in [5.74, 6) is -0.273. The van der Waals surface area contributed by atoms with Gasteiger partial charge >= 0.3 is 0 Å². The number of carbonyl (C=O) groups is 1. The van der Waals surface area contributed by atoms with Crippen LogP contribution in [-0.4, -0.2) is 5.91 Å². The van der Waals surface area contributed by atoms with Crippen LogP contribution in [0.5, 0.6) is 0 Å². The second kappa shape index (κ2) is 6.10. The van der Waals surface area contributed by atoms with Gasteiger partial charge in [0.25, 0.3) is 5.91 Å². The fraction of sp³-hybridized carbons (Fsp3) is 0. The monoisotopic (exact) mass is 485 g/mol. The number of benzene rings is 1. The lowest BCUT2D eigenvalue weighted by molar-refractivity contribution is 0.103. The van der Waals surface area contributed by atoms with Gasteiger partial charge in [-0.1, -0.05) is 23.2 Å². The zero-order valence-corrected chi connectivity index (χ0v) is 16.1. The van der Waals surface area contributed by atoms with E-state index in [0.717, 1.165) is 19.6 Å². The molecule has 3 rings (SSSR count). The number of hydrogen-bond acceptors (Lipinski definition) is 4. The third-order valence-corrected chi connectivity index (χ3v) is 6.92. The lowest BCUT2D eigenvalue weighted by atomic mass is 10.2. The van der Waals surface area contributed by atoms with E-state index in [2.05, 4.69) is 45.9 Å². The van der Waals surface area contributed by atoms with E-state index in [4.69, 9.17) is 23.2 Å². The van der Waals surface area contributed by atoms with Crippen LogP contribution in [0.15, 0.2) is 29.1 Å². The van der Waals surface area contributed by atoms with Crippen LogP contribution in [0.3, 0.4) is 0 Å². The zero-order chi connectivity index (χ0) is 15.1. The van der Waals surface area contributed by atoms with E-state index >= 15 is 0 Å². The number of thiophene rings is 1. The number of rotatable bonds is 2. The van der Waals surface area contributed by atoms with Crippen LogP contribution >= 0.6 is 66.4 Å². The van der Waals surface area contributed by atoms with Gasteiger partial charge in [0.2, 0.25) is 0 Å². The molecule has 4 nitrogen and oxygen atoms in total. The van der Waals surface area contributed by atoms with Crippen molar-refractivity contribution in [1.82, 2.24) is 0 Å². The first-order chi connectivity index (χ1) is 9.97. The van der Waals surface area contributed by atoms with Crippen LogP contribution in [0.25, 0.3) is 0 Å². The number of carbonyl (C=O) groups excluding carboxylic acids is 1. The highest BCUT2D eigenvalue weighted by molar-refractivity contribution is 9.13. The molecule has 0 aliphatic carbocycles. The summed E-state index contributed by atoms with van der Waals surface area (Å²) in [6.07, 6.45) is 0. The molecule has 0 spiro atoms. The number of halogens is 4. The second-order valence-electron chi connectivity index (χ2n) is 3.86. The molecule has 1 amide bonds. The maximum atomic E-state index is 12.3. The summed E-state index contributed by atoms with van der Waals surface area (Å²) in [5.41, 5.74) is 1.42. The number of amides is 1. The topological polar surface area (TPSA) is 53.8 Å². The highest BCUT2D eigenvalue weighted by Crippen LogP contribution is 2.47. The Morgan fingerprint density at radius 3 is 2.52 bits per heavy atom. The molecule has 1 aromatic heterocycles. The Bertz CT molecular complexity index is 827. The minimum Gasteiger partial charge on any atom is -0.318 e. The molecular formula is C11H3Br2Cl2N3OS2. The van der Waals surface area contributed by atoms with Gasteiger partial charge in [0.05, 0.1) is 35.8 Å². The molecule has 1 N–H and O–H groups in total. The van der Waals surface area contributed by atoms with Crippen LogP contribution in [0.2, 0.25) is 10.0 Å². The summed E-state index contributed by atoms with van der Waals surface area (Å²) < 4.78 is 9.90. The largest absolute Gasteiger partial charge is 0.318 e. The predicted molar refractivity (Wildman–Crippen MR) is 95.7 cm³/mol. The minimum absolute atomic E-state index is 0.273. The van der Waals surface area contributed by atoms with E-state index in [1.165, 1.54) is 11.3 Å². The summed E-state index contributed by atoms with van der Waals surface area (Å²) >= 11 is 21.2. The van der Waals surface area contributed by atoms with Crippen molar-refractivity contribution in [3.05, 3.63) is 35.3 Å². The SMILES string of the molecule is O=C(Nc1c(Cl)cc(Cl)c2c1N=S=N2)c1cc(Br)c(Br)s1. The van der Waals surface area contributed by atoms with Crippen LogP contribution < -0.4 is 5.32 Å². The molecule has 10 heteroatoms. The van der Waals surface area contributed by atoms with Gasteiger partial charge < -0.3 is 5.32 Å². The first-order valence-electron chi connectivity index (χ1n) is 5.34.